The molecule has 0 saturated heterocycles. The van der Waals surface area contributed by atoms with Gasteiger partial charge >= 0.3 is 0 Å². The monoisotopic (exact) mass is 394 g/mol. The molecular formula is C20H18N4OS2. The number of carbonyl (C=O) groups excluding carboxylic acids is 1. The molecule has 2 aromatic carbocycles. The average molecular weight is 395 g/mol. The number of rotatable bonds is 6. The van der Waals surface area contributed by atoms with Crippen molar-refractivity contribution >= 4 is 40.0 Å². The van der Waals surface area contributed by atoms with Crippen molar-refractivity contribution in [1.82, 2.24) is 20.3 Å². The second kappa shape index (κ2) is 7.94. The van der Waals surface area contributed by atoms with Gasteiger partial charge in [0.25, 0.3) is 5.91 Å². The van der Waals surface area contributed by atoms with Gasteiger partial charge in [0.2, 0.25) is 0 Å². The Morgan fingerprint density at radius 1 is 1.15 bits per heavy atom. The number of carbonyl (C=O) groups is 1. The van der Waals surface area contributed by atoms with E-state index in [1.165, 1.54) is 0 Å². The molecule has 136 valence electrons. The van der Waals surface area contributed by atoms with Gasteiger partial charge in [0.1, 0.15) is 5.82 Å². The molecule has 4 rings (SSSR count). The molecule has 0 bridgehead atoms. The summed E-state index contributed by atoms with van der Waals surface area (Å²) in [7, 11) is 0. The Morgan fingerprint density at radius 2 is 1.96 bits per heavy atom. The molecule has 2 heterocycles. The minimum atomic E-state index is -0.104. The topological polar surface area (TPSA) is 70.7 Å². The Kier molecular flexibility index (Phi) is 5.22. The van der Waals surface area contributed by atoms with E-state index in [1.54, 1.807) is 23.1 Å². The lowest BCUT2D eigenvalue weighted by atomic mass is 10.2. The van der Waals surface area contributed by atoms with Crippen molar-refractivity contribution in [3.63, 3.8) is 0 Å². The second-order valence-electron chi connectivity index (χ2n) is 6.03. The molecule has 0 unspecified atom stereocenters. The first-order valence-corrected chi connectivity index (χ1v) is 10.4. The van der Waals surface area contributed by atoms with Gasteiger partial charge < -0.3 is 10.3 Å². The van der Waals surface area contributed by atoms with E-state index in [4.69, 9.17) is 0 Å². The highest BCUT2D eigenvalue weighted by Gasteiger charge is 2.13. The molecule has 27 heavy (non-hydrogen) atoms. The Bertz CT molecular complexity index is 1050. The number of nitrogens with one attached hydrogen (secondary N) is 2. The summed E-state index contributed by atoms with van der Waals surface area (Å²) < 4.78 is 0. The van der Waals surface area contributed by atoms with Gasteiger partial charge in [-0.25, -0.2) is 9.97 Å². The van der Waals surface area contributed by atoms with Crippen LogP contribution in [-0.2, 0) is 12.3 Å². The molecule has 2 N–H and O–H groups in total. The molecule has 0 spiro atoms. The third-order valence-electron chi connectivity index (χ3n) is 4.03. The Hall–Kier alpha value is -2.64. The largest absolute Gasteiger partial charge is 0.345 e. The van der Waals surface area contributed by atoms with Crippen LogP contribution >= 0.6 is 23.1 Å². The van der Waals surface area contributed by atoms with Gasteiger partial charge in [-0.1, -0.05) is 24.3 Å². The molecule has 0 aliphatic heterocycles. The van der Waals surface area contributed by atoms with Gasteiger partial charge in [0.05, 0.1) is 33.8 Å². The fraction of sp³-hybridized carbons (Fsp3) is 0.150. The van der Waals surface area contributed by atoms with E-state index in [2.05, 4.69) is 25.6 Å². The number of fused-ring (bicyclic) bond motifs is 1. The molecular weight excluding hydrogens is 376 g/mol. The van der Waals surface area contributed by atoms with Crippen LogP contribution in [0.2, 0.25) is 0 Å². The molecule has 5 nitrogen and oxygen atoms in total. The molecule has 0 radical (unpaired) electrons. The van der Waals surface area contributed by atoms with Crippen molar-refractivity contribution in [2.45, 2.75) is 24.1 Å². The lowest BCUT2D eigenvalue weighted by Gasteiger charge is -2.08. The molecule has 0 atom stereocenters. The van der Waals surface area contributed by atoms with Crippen molar-refractivity contribution in [2.24, 2.45) is 0 Å². The summed E-state index contributed by atoms with van der Waals surface area (Å²) in [6.07, 6.45) is 0. The second-order valence-corrected chi connectivity index (χ2v) is 8.11. The quantitative estimate of drug-likeness (QED) is 0.471. The van der Waals surface area contributed by atoms with Crippen LogP contribution < -0.4 is 5.32 Å². The van der Waals surface area contributed by atoms with E-state index in [1.807, 2.05) is 55.5 Å². The zero-order valence-corrected chi connectivity index (χ0v) is 16.4. The maximum atomic E-state index is 12.7. The fourth-order valence-corrected chi connectivity index (χ4v) is 4.42. The average Bonchev–Trinajstić information content (AvgIpc) is 3.30. The maximum Gasteiger partial charge on any atom is 0.252 e. The minimum absolute atomic E-state index is 0.104. The smallest absolute Gasteiger partial charge is 0.252 e. The number of amides is 1. The summed E-state index contributed by atoms with van der Waals surface area (Å²) in [6, 6.07) is 15.5. The standard InChI is InChI=1S/C20H18N4OS2/c1-13-22-14(11-26-13)12-27-18-9-5-2-6-15(18)20(25)21-10-19-23-16-7-3-4-8-17(16)24-19/h2-9,11H,10,12H2,1H3,(H,21,25)(H,23,24). The molecule has 1 amide bonds. The normalized spacial score (nSPS) is 11.0. The van der Waals surface area contributed by atoms with E-state index >= 15 is 0 Å². The van der Waals surface area contributed by atoms with E-state index in [-0.39, 0.29) is 5.91 Å². The number of benzene rings is 2. The SMILES string of the molecule is Cc1nc(CSc2ccccc2C(=O)NCc2nc3ccccc3[nH]2)cs1. The van der Waals surface area contributed by atoms with E-state index < -0.39 is 0 Å². The van der Waals surface area contributed by atoms with Gasteiger partial charge in [-0.15, -0.1) is 23.1 Å². The third-order valence-corrected chi connectivity index (χ3v) is 5.96. The zero-order chi connectivity index (χ0) is 18.6. The zero-order valence-electron chi connectivity index (χ0n) is 14.7. The summed E-state index contributed by atoms with van der Waals surface area (Å²) in [4.78, 5) is 25.8. The minimum Gasteiger partial charge on any atom is -0.345 e. The molecule has 0 aliphatic carbocycles. The number of nitrogens with zero attached hydrogens (tertiary/aromatic N) is 2. The Balaban J connectivity index is 1.43. The van der Waals surface area contributed by atoms with Crippen LogP contribution in [0.15, 0.2) is 58.8 Å². The number of thiazole rings is 1. The van der Waals surface area contributed by atoms with Gasteiger partial charge in [-0.2, -0.15) is 0 Å². The van der Waals surface area contributed by atoms with E-state index in [0.29, 0.717) is 12.1 Å². The number of aryl methyl sites for hydroxylation is 1. The fourth-order valence-electron chi connectivity index (χ4n) is 2.75. The first-order chi connectivity index (χ1) is 13.2. The highest BCUT2D eigenvalue weighted by Crippen LogP contribution is 2.27. The highest BCUT2D eigenvalue weighted by atomic mass is 32.2. The van der Waals surface area contributed by atoms with Crippen LogP contribution in [0, 0.1) is 6.92 Å². The summed E-state index contributed by atoms with van der Waals surface area (Å²) in [5.74, 6) is 1.39. The lowest BCUT2D eigenvalue weighted by molar-refractivity contribution is 0.0947. The number of thioether (sulfide) groups is 1. The first-order valence-electron chi connectivity index (χ1n) is 8.54. The Morgan fingerprint density at radius 3 is 2.78 bits per heavy atom. The highest BCUT2D eigenvalue weighted by molar-refractivity contribution is 7.98. The molecule has 4 aromatic rings. The van der Waals surface area contributed by atoms with Crippen LogP contribution in [0.3, 0.4) is 0 Å². The predicted molar refractivity (Wildman–Crippen MR) is 110 cm³/mol. The van der Waals surface area contributed by atoms with Crippen LogP contribution in [0.5, 0.6) is 0 Å². The number of aromatic nitrogens is 3. The third kappa shape index (κ3) is 4.20. The molecule has 0 aliphatic rings. The van der Waals surface area contributed by atoms with Gasteiger partial charge in [0, 0.05) is 16.0 Å². The number of para-hydroxylation sites is 2. The number of H-pyrrole nitrogens is 1. The number of aromatic amines is 1. The van der Waals surface area contributed by atoms with Crippen LogP contribution in [0.1, 0.15) is 26.9 Å². The van der Waals surface area contributed by atoms with Gasteiger partial charge in [-0.3, -0.25) is 4.79 Å². The molecule has 7 heteroatoms. The van der Waals surface area contributed by atoms with Gasteiger partial charge in [0.15, 0.2) is 0 Å². The van der Waals surface area contributed by atoms with Crippen LogP contribution in [0.25, 0.3) is 11.0 Å². The first kappa shape index (κ1) is 17.8. The van der Waals surface area contributed by atoms with E-state index in [0.717, 1.165) is 38.2 Å². The summed E-state index contributed by atoms with van der Waals surface area (Å²) in [5, 5.41) is 6.08. The maximum absolute atomic E-state index is 12.7. The number of hydrogen-bond donors (Lipinski definition) is 2. The lowest BCUT2D eigenvalue weighted by Crippen LogP contribution is -2.24. The van der Waals surface area contributed by atoms with E-state index in [9.17, 15) is 4.79 Å². The summed E-state index contributed by atoms with van der Waals surface area (Å²) in [5.41, 5.74) is 3.58. The van der Waals surface area contributed by atoms with Crippen LogP contribution in [-0.4, -0.2) is 20.9 Å². The molecule has 2 aromatic heterocycles. The van der Waals surface area contributed by atoms with Crippen molar-refractivity contribution in [1.29, 1.82) is 0 Å². The van der Waals surface area contributed by atoms with Gasteiger partial charge in [-0.05, 0) is 31.2 Å². The van der Waals surface area contributed by atoms with Crippen molar-refractivity contribution < 1.29 is 4.79 Å². The Labute approximate surface area is 165 Å². The number of imidazole rings is 1. The number of hydrogen-bond acceptors (Lipinski definition) is 5. The summed E-state index contributed by atoms with van der Waals surface area (Å²) in [6.45, 7) is 2.36. The van der Waals surface area contributed by atoms with Crippen molar-refractivity contribution in [2.75, 3.05) is 0 Å². The van der Waals surface area contributed by atoms with Crippen molar-refractivity contribution in [3.05, 3.63) is 76.0 Å². The molecule has 0 fully saturated rings. The predicted octanol–water partition coefficient (Wildman–Crippen LogP) is 4.55. The summed E-state index contributed by atoms with van der Waals surface area (Å²) >= 11 is 3.27. The van der Waals surface area contributed by atoms with Crippen molar-refractivity contribution in [3.8, 4) is 0 Å². The molecule has 0 saturated carbocycles. The van der Waals surface area contributed by atoms with Crippen LogP contribution in [0.4, 0.5) is 0 Å².